The number of H-pyrrole nitrogens is 1. The van der Waals surface area contributed by atoms with Crippen LogP contribution in [0.2, 0.25) is 0 Å². The third-order valence-corrected chi connectivity index (χ3v) is 3.76. The summed E-state index contributed by atoms with van der Waals surface area (Å²) in [7, 11) is 1.68. The summed E-state index contributed by atoms with van der Waals surface area (Å²) in [5, 5.41) is 4.66. The molecule has 2 N–H and O–H groups in total. The zero-order chi connectivity index (χ0) is 15.1. The van der Waals surface area contributed by atoms with Gasteiger partial charge in [-0.1, -0.05) is 6.07 Å². The predicted molar refractivity (Wildman–Crippen MR) is 81.5 cm³/mol. The van der Waals surface area contributed by atoms with Crippen LogP contribution in [0.15, 0.2) is 39.5 Å². The summed E-state index contributed by atoms with van der Waals surface area (Å²) < 4.78 is 4.98. The number of aromatic nitrogens is 3. The molecule has 2 aromatic rings. The molecule has 6 nitrogen and oxygen atoms in total. The van der Waals surface area contributed by atoms with E-state index in [1.54, 1.807) is 7.11 Å². The summed E-state index contributed by atoms with van der Waals surface area (Å²) in [6.45, 7) is 4.24. The van der Waals surface area contributed by atoms with Crippen molar-refractivity contribution in [1.29, 1.82) is 0 Å². The van der Waals surface area contributed by atoms with Crippen LogP contribution in [0.5, 0.6) is 0 Å². The number of methoxy groups -OCH3 is 1. The first-order valence-corrected chi connectivity index (χ1v) is 7.39. The third kappa shape index (κ3) is 4.96. The lowest BCUT2D eigenvalue weighted by atomic mass is 10.2. The number of ether oxygens (including phenoxy) is 1. The van der Waals surface area contributed by atoms with Gasteiger partial charge in [-0.3, -0.25) is 4.79 Å². The summed E-state index contributed by atoms with van der Waals surface area (Å²) in [5.41, 5.74) is 2.00. The fourth-order valence-corrected chi connectivity index (χ4v) is 2.50. The molecule has 0 aliphatic heterocycles. The van der Waals surface area contributed by atoms with Crippen LogP contribution in [0.25, 0.3) is 0 Å². The predicted octanol–water partition coefficient (Wildman–Crippen LogP) is 1.36. The van der Waals surface area contributed by atoms with Gasteiger partial charge in [-0.2, -0.15) is 0 Å². The van der Waals surface area contributed by atoms with Gasteiger partial charge in [-0.15, -0.1) is 0 Å². The second-order valence-electron chi connectivity index (χ2n) is 4.48. The molecular weight excluding hydrogens is 288 g/mol. The first kappa shape index (κ1) is 15.7. The second kappa shape index (κ2) is 7.92. The van der Waals surface area contributed by atoms with Crippen molar-refractivity contribution in [1.82, 2.24) is 20.3 Å². The standard InChI is InChI=1S/C14H18N4O2S/c1-10-7-11(8-15-5-6-20-2)9-17-13(10)21-14-16-4-3-12(19)18-14/h3-4,7,9,15H,5-6,8H2,1-2H3,(H,16,18,19). The number of aromatic amines is 1. The van der Waals surface area contributed by atoms with Gasteiger partial charge in [0.15, 0.2) is 5.16 Å². The Hall–Kier alpha value is -1.70. The highest BCUT2D eigenvalue weighted by Crippen LogP contribution is 2.25. The molecule has 0 fully saturated rings. The fourth-order valence-electron chi connectivity index (χ4n) is 1.73. The molecule has 0 spiro atoms. The van der Waals surface area contributed by atoms with Gasteiger partial charge in [0.25, 0.3) is 5.56 Å². The van der Waals surface area contributed by atoms with Crippen molar-refractivity contribution in [2.24, 2.45) is 0 Å². The molecule has 21 heavy (non-hydrogen) atoms. The molecule has 0 aliphatic rings. The molecule has 0 radical (unpaired) electrons. The van der Waals surface area contributed by atoms with E-state index in [1.807, 2.05) is 13.1 Å². The van der Waals surface area contributed by atoms with E-state index in [-0.39, 0.29) is 5.56 Å². The number of aryl methyl sites for hydroxylation is 1. The quantitative estimate of drug-likeness (QED) is 0.594. The van der Waals surface area contributed by atoms with Crippen LogP contribution < -0.4 is 10.9 Å². The molecular formula is C14H18N4O2S. The molecule has 0 unspecified atom stereocenters. The highest BCUT2D eigenvalue weighted by atomic mass is 32.2. The van der Waals surface area contributed by atoms with Gasteiger partial charge in [0.1, 0.15) is 5.03 Å². The SMILES string of the molecule is COCCNCc1cnc(Sc2nccc(=O)[nH]2)c(C)c1. The first-order valence-electron chi connectivity index (χ1n) is 6.57. The summed E-state index contributed by atoms with van der Waals surface area (Å²) >= 11 is 1.35. The largest absolute Gasteiger partial charge is 0.383 e. The van der Waals surface area contributed by atoms with Crippen molar-refractivity contribution >= 4 is 11.8 Å². The minimum atomic E-state index is -0.163. The Kier molecular flexibility index (Phi) is 5.91. The first-order chi connectivity index (χ1) is 10.2. The zero-order valence-corrected chi connectivity index (χ0v) is 12.9. The van der Waals surface area contributed by atoms with Crippen LogP contribution >= 0.6 is 11.8 Å². The molecule has 7 heteroatoms. The Bertz CT molecular complexity index is 645. The van der Waals surface area contributed by atoms with Crippen molar-refractivity contribution in [2.75, 3.05) is 20.3 Å². The molecule has 2 rings (SSSR count). The normalized spacial score (nSPS) is 10.8. The highest BCUT2D eigenvalue weighted by Gasteiger charge is 2.06. The average molecular weight is 306 g/mol. The van der Waals surface area contributed by atoms with E-state index in [2.05, 4.69) is 26.3 Å². The van der Waals surface area contributed by atoms with Gasteiger partial charge in [0.05, 0.1) is 6.61 Å². The van der Waals surface area contributed by atoms with Crippen LogP contribution in [-0.2, 0) is 11.3 Å². The van der Waals surface area contributed by atoms with E-state index in [9.17, 15) is 4.79 Å². The molecule has 0 aromatic carbocycles. The molecule has 2 heterocycles. The Morgan fingerprint density at radius 3 is 3.00 bits per heavy atom. The number of hydrogen-bond acceptors (Lipinski definition) is 6. The van der Waals surface area contributed by atoms with Crippen molar-refractivity contribution < 1.29 is 4.74 Å². The van der Waals surface area contributed by atoms with E-state index >= 15 is 0 Å². The Labute approximate surface area is 127 Å². The molecule has 0 atom stereocenters. The molecule has 2 aromatic heterocycles. The van der Waals surface area contributed by atoms with Crippen LogP contribution in [0, 0.1) is 6.92 Å². The third-order valence-electron chi connectivity index (χ3n) is 2.74. The maximum atomic E-state index is 11.2. The number of hydrogen-bond donors (Lipinski definition) is 2. The molecule has 112 valence electrons. The average Bonchev–Trinajstić information content (AvgIpc) is 2.46. The Morgan fingerprint density at radius 2 is 2.29 bits per heavy atom. The second-order valence-corrected chi connectivity index (χ2v) is 5.45. The number of nitrogens with one attached hydrogen (secondary N) is 2. The Morgan fingerprint density at radius 1 is 1.43 bits per heavy atom. The van der Waals surface area contributed by atoms with Gasteiger partial charge < -0.3 is 15.0 Å². The highest BCUT2D eigenvalue weighted by molar-refractivity contribution is 7.99. The lowest BCUT2D eigenvalue weighted by Gasteiger charge is -2.08. The van der Waals surface area contributed by atoms with Gasteiger partial charge in [0, 0.05) is 38.7 Å². The summed E-state index contributed by atoms with van der Waals surface area (Å²) in [6.07, 6.45) is 3.32. The molecule has 0 saturated heterocycles. The van der Waals surface area contributed by atoms with Gasteiger partial charge in [-0.25, -0.2) is 9.97 Å². The van der Waals surface area contributed by atoms with Crippen LogP contribution in [0.3, 0.4) is 0 Å². The van der Waals surface area contributed by atoms with Crippen molar-refractivity contribution in [3.63, 3.8) is 0 Å². The van der Waals surface area contributed by atoms with Gasteiger partial charge >= 0.3 is 0 Å². The maximum absolute atomic E-state index is 11.2. The van der Waals surface area contributed by atoms with Crippen molar-refractivity contribution in [3.05, 3.63) is 46.0 Å². The van der Waals surface area contributed by atoms with E-state index in [0.29, 0.717) is 11.8 Å². The Balaban J connectivity index is 2.00. The summed E-state index contributed by atoms with van der Waals surface area (Å²) in [6, 6.07) is 3.47. The van der Waals surface area contributed by atoms with E-state index < -0.39 is 0 Å². The lowest BCUT2D eigenvalue weighted by molar-refractivity contribution is 0.199. The van der Waals surface area contributed by atoms with Crippen molar-refractivity contribution in [3.8, 4) is 0 Å². The van der Waals surface area contributed by atoms with Crippen molar-refractivity contribution in [2.45, 2.75) is 23.7 Å². The van der Waals surface area contributed by atoms with E-state index in [4.69, 9.17) is 4.74 Å². The number of pyridine rings is 1. The minimum absolute atomic E-state index is 0.163. The van der Waals surface area contributed by atoms with Gasteiger partial charge in [-0.05, 0) is 29.8 Å². The summed E-state index contributed by atoms with van der Waals surface area (Å²) in [4.78, 5) is 22.5. The van der Waals surface area contributed by atoms with E-state index in [0.717, 1.165) is 29.2 Å². The number of rotatable bonds is 7. The molecule has 0 amide bonds. The maximum Gasteiger partial charge on any atom is 0.251 e. The molecule has 0 saturated carbocycles. The molecule has 0 bridgehead atoms. The summed E-state index contributed by atoms with van der Waals surface area (Å²) in [5.74, 6) is 0. The molecule has 0 aliphatic carbocycles. The van der Waals surface area contributed by atoms with Crippen LogP contribution in [-0.4, -0.2) is 35.2 Å². The number of nitrogens with zero attached hydrogens (tertiary/aromatic N) is 2. The monoisotopic (exact) mass is 306 g/mol. The van der Waals surface area contributed by atoms with E-state index in [1.165, 1.54) is 24.0 Å². The lowest BCUT2D eigenvalue weighted by Crippen LogP contribution is -2.18. The van der Waals surface area contributed by atoms with Crippen LogP contribution in [0.1, 0.15) is 11.1 Å². The van der Waals surface area contributed by atoms with Gasteiger partial charge in [0.2, 0.25) is 0 Å². The smallest absolute Gasteiger partial charge is 0.251 e. The fraction of sp³-hybridized carbons (Fsp3) is 0.357. The minimum Gasteiger partial charge on any atom is -0.383 e. The zero-order valence-electron chi connectivity index (χ0n) is 12.0. The topological polar surface area (TPSA) is 79.9 Å². The van der Waals surface area contributed by atoms with Crippen LogP contribution in [0.4, 0.5) is 0 Å².